The van der Waals surface area contributed by atoms with Gasteiger partial charge in [0.05, 0.1) is 16.4 Å². The Morgan fingerprint density at radius 1 is 1.22 bits per heavy atom. The molecule has 0 saturated carbocycles. The third-order valence-electron chi connectivity index (χ3n) is 3.24. The summed E-state index contributed by atoms with van der Waals surface area (Å²) in [5.74, 6) is 0. The zero-order valence-electron chi connectivity index (χ0n) is 11.7. The number of rotatable bonds is 9. The van der Waals surface area contributed by atoms with Gasteiger partial charge in [-0.05, 0) is 28.8 Å². The Labute approximate surface area is 119 Å². The minimum Gasteiger partial charge on any atom is -0.323 e. The number of aryl methyl sites for hydroxylation is 1. The third kappa shape index (κ3) is 4.73. The van der Waals surface area contributed by atoms with E-state index in [1.54, 1.807) is 0 Å². The summed E-state index contributed by atoms with van der Waals surface area (Å²) in [5.41, 5.74) is 7.45. The van der Waals surface area contributed by atoms with Gasteiger partial charge in [0, 0.05) is 12.6 Å². The van der Waals surface area contributed by atoms with E-state index in [9.17, 15) is 0 Å². The van der Waals surface area contributed by atoms with E-state index in [1.807, 2.05) is 10.9 Å². The van der Waals surface area contributed by atoms with E-state index in [0.29, 0.717) is 0 Å². The zero-order valence-corrected chi connectivity index (χ0v) is 13.2. The van der Waals surface area contributed by atoms with Crippen molar-refractivity contribution in [3.63, 3.8) is 0 Å². The normalized spacial score (nSPS) is 12.9. The van der Waals surface area contributed by atoms with Gasteiger partial charge in [-0.2, -0.15) is 5.10 Å². The first-order valence-corrected chi connectivity index (χ1v) is 7.96. The van der Waals surface area contributed by atoms with Crippen LogP contribution in [0.4, 0.5) is 0 Å². The van der Waals surface area contributed by atoms with Crippen molar-refractivity contribution in [2.45, 2.75) is 71.4 Å². The third-order valence-corrected chi connectivity index (χ3v) is 3.85. The van der Waals surface area contributed by atoms with Gasteiger partial charge < -0.3 is 5.73 Å². The standard InChI is InChI=1S/C14H26BrN3/c1-3-5-6-7-8-9-13(16)14-12(15)11-17-18(14)10-4-2/h11,13H,3-10,16H2,1-2H3. The largest absolute Gasteiger partial charge is 0.323 e. The minimum absolute atomic E-state index is 0.107. The van der Waals surface area contributed by atoms with Crippen molar-refractivity contribution in [2.75, 3.05) is 0 Å². The van der Waals surface area contributed by atoms with Crippen LogP contribution in [0.3, 0.4) is 0 Å². The molecule has 4 heteroatoms. The van der Waals surface area contributed by atoms with E-state index >= 15 is 0 Å². The molecule has 2 N–H and O–H groups in total. The van der Waals surface area contributed by atoms with Crippen molar-refractivity contribution in [3.05, 3.63) is 16.4 Å². The van der Waals surface area contributed by atoms with Crippen molar-refractivity contribution in [3.8, 4) is 0 Å². The van der Waals surface area contributed by atoms with Crippen molar-refractivity contribution in [1.82, 2.24) is 9.78 Å². The van der Waals surface area contributed by atoms with Crippen LogP contribution in [0.1, 0.15) is 70.5 Å². The zero-order chi connectivity index (χ0) is 13.4. The molecule has 1 aromatic rings. The van der Waals surface area contributed by atoms with Gasteiger partial charge in [-0.3, -0.25) is 4.68 Å². The van der Waals surface area contributed by atoms with Crippen LogP contribution < -0.4 is 5.73 Å². The van der Waals surface area contributed by atoms with E-state index in [1.165, 1.54) is 32.1 Å². The lowest BCUT2D eigenvalue weighted by molar-refractivity contribution is 0.497. The molecule has 3 nitrogen and oxygen atoms in total. The fourth-order valence-electron chi connectivity index (χ4n) is 2.24. The molecular formula is C14H26BrN3. The Morgan fingerprint density at radius 2 is 1.94 bits per heavy atom. The molecular weight excluding hydrogens is 290 g/mol. The average molecular weight is 316 g/mol. The van der Waals surface area contributed by atoms with Crippen LogP contribution in [0, 0.1) is 0 Å². The summed E-state index contributed by atoms with van der Waals surface area (Å²) in [7, 11) is 0. The molecule has 0 aliphatic carbocycles. The van der Waals surface area contributed by atoms with Crippen molar-refractivity contribution >= 4 is 15.9 Å². The highest BCUT2D eigenvalue weighted by atomic mass is 79.9. The monoisotopic (exact) mass is 315 g/mol. The Morgan fingerprint density at radius 3 is 2.61 bits per heavy atom. The number of nitrogens with two attached hydrogens (primary N) is 1. The molecule has 1 unspecified atom stereocenters. The topological polar surface area (TPSA) is 43.8 Å². The smallest absolute Gasteiger partial charge is 0.0693 e. The molecule has 1 atom stereocenters. The van der Waals surface area contributed by atoms with E-state index in [-0.39, 0.29) is 6.04 Å². The molecule has 0 aromatic carbocycles. The Hall–Kier alpha value is -0.350. The van der Waals surface area contributed by atoms with Crippen molar-refractivity contribution in [2.24, 2.45) is 5.73 Å². The average Bonchev–Trinajstić information content (AvgIpc) is 2.71. The summed E-state index contributed by atoms with van der Waals surface area (Å²) >= 11 is 3.56. The van der Waals surface area contributed by atoms with Gasteiger partial charge in [-0.1, -0.05) is 46.0 Å². The highest BCUT2D eigenvalue weighted by molar-refractivity contribution is 9.10. The lowest BCUT2D eigenvalue weighted by Crippen LogP contribution is -2.17. The molecule has 1 heterocycles. The summed E-state index contributed by atoms with van der Waals surface area (Å²) in [6.07, 6.45) is 10.5. The van der Waals surface area contributed by atoms with E-state index in [4.69, 9.17) is 5.73 Å². The molecule has 104 valence electrons. The molecule has 0 amide bonds. The van der Waals surface area contributed by atoms with Crippen molar-refractivity contribution < 1.29 is 0 Å². The summed E-state index contributed by atoms with van der Waals surface area (Å²) in [6, 6.07) is 0.107. The quantitative estimate of drug-likeness (QED) is 0.686. The van der Waals surface area contributed by atoms with Crippen LogP contribution >= 0.6 is 15.9 Å². The highest BCUT2D eigenvalue weighted by Crippen LogP contribution is 2.25. The summed E-state index contributed by atoms with van der Waals surface area (Å²) in [4.78, 5) is 0. The van der Waals surface area contributed by atoms with E-state index < -0.39 is 0 Å². The number of hydrogen-bond donors (Lipinski definition) is 1. The molecule has 1 aromatic heterocycles. The molecule has 0 fully saturated rings. The van der Waals surface area contributed by atoms with E-state index in [0.717, 1.165) is 29.6 Å². The number of hydrogen-bond acceptors (Lipinski definition) is 2. The number of nitrogens with zero attached hydrogens (tertiary/aromatic N) is 2. The lowest BCUT2D eigenvalue weighted by atomic mass is 10.0. The van der Waals surface area contributed by atoms with Crippen LogP contribution in [-0.4, -0.2) is 9.78 Å². The van der Waals surface area contributed by atoms with E-state index in [2.05, 4.69) is 34.9 Å². The Balaban J connectivity index is 2.44. The minimum atomic E-state index is 0.107. The van der Waals surface area contributed by atoms with Gasteiger partial charge in [0.25, 0.3) is 0 Å². The van der Waals surface area contributed by atoms with Crippen LogP contribution in [-0.2, 0) is 6.54 Å². The van der Waals surface area contributed by atoms with Crippen LogP contribution in [0.5, 0.6) is 0 Å². The maximum Gasteiger partial charge on any atom is 0.0693 e. The van der Waals surface area contributed by atoms with Crippen molar-refractivity contribution in [1.29, 1.82) is 0 Å². The summed E-state index contributed by atoms with van der Waals surface area (Å²) in [6.45, 7) is 5.35. The number of aromatic nitrogens is 2. The van der Waals surface area contributed by atoms with Crippen LogP contribution in [0.2, 0.25) is 0 Å². The van der Waals surface area contributed by atoms with Crippen LogP contribution in [0.25, 0.3) is 0 Å². The Kier molecular flexibility index (Phi) is 7.59. The first-order valence-electron chi connectivity index (χ1n) is 7.17. The fourth-order valence-corrected chi connectivity index (χ4v) is 2.83. The number of halogens is 1. The molecule has 0 saturated heterocycles. The van der Waals surface area contributed by atoms with Gasteiger partial charge in [-0.15, -0.1) is 0 Å². The second-order valence-corrected chi connectivity index (χ2v) is 5.76. The molecule has 0 aliphatic heterocycles. The van der Waals surface area contributed by atoms with Crippen LogP contribution in [0.15, 0.2) is 10.7 Å². The van der Waals surface area contributed by atoms with Gasteiger partial charge in [0.1, 0.15) is 0 Å². The summed E-state index contributed by atoms with van der Waals surface area (Å²) in [5, 5.41) is 4.37. The fraction of sp³-hybridized carbons (Fsp3) is 0.786. The molecule has 0 radical (unpaired) electrons. The number of unbranched alkanes of at least 4 members (excludes halogenated alkanes) is 4. The molecule has 0 bridgehead atoms. The van der Waals surface area contributed by atoms with Gasteiger partial charge >= 0.3 is 0 Å². The second-order valence-electron chi connectivity index (χ2n) is 4.91. The first-order chi connectivity index (χ1) is 8.70. The molecule has 1 rings (SSSR count). The maximum absolute atomic E-state index is 6.30. The maximum atomic E-state index is 6.30. The van der Waals surface area contributed by atoms with Gasteiger partial charge in [0.2, 0.25) is 0 Å². The SMILES string of the molecule is CCCCCCCC(N)c1c(Br)cnn1CCC. The predicted octanol–water partition coefficient (Wildman–Crippen LogP) is 4.42. The predicted molar refractivity (Wildman–Crippen MR) is 80.5 cm³/mol. The summed E-state index contributed by atoms with van der Waals surface area (Å²) < 4.78 is 3.10. The lowest BCUT2D eigenvalue weighted by Gasteiger charge is -2.14. The second kappa shape index (κ2) is 8.70. The molecule has 0 spiro atoms. The molecule has 18 heavy (non-hydrogen) atoms. The highest BCUT2D eigenvalue weighted by Gasteiger charge is 2.15. The van der Waals surface area contributed by atoms with Gasteiger partial charge in [0.15, 0.2) is 0 Å². The molecule has 0 aliphatic rings. The first kappa shape index (κ1) is 15.7. The van der Waals surface area contributed by atoms with Gasteiger partial charge in [-0.25, -0.2) is 0 Å². The Bertz CT molecular complexity index is 336.